The summed E-state index contributed by atoms with van der Waals surface area (Å²) in [5, 5.41) is 2.97. The third-order valence-corrected chi connectivity index (χ3v) is 3.92. The summed E-state index contributed by atoms with van der Waals surface area (Å²) in [5.74, 6) is 1.53. The van der Waals surface area contributed by atoms with Gasteiger partial charge in [-0.1, -0.05) is 19.4 Å². The summed E-state index contributed by atoms with van der Waals surface area (Å²) in [5.41, 5.74) is 0.997. The van der Waals surface area contributed by atoms with Crippen LogP contribution in [0.1, 0.15) is 37.8 Å². The largest absolute Gasteiger partial charge is 0.454 e. The SMILES string of the molecule is CCC[C@@H](CC(=O)NCc1ccc2c(c1)OCO2)n1ccnc1. The van der Waals surface area contributed by atoms with E-state index in [2.05, 4.69) is 17.2 Å². The zero-order valence-electron chi connectivity index (χ0n) is 13.2. The average Bonchev–Trinajstić information content (AvgIpc) is 3.23. The predicted molar refractivity (Wildman–Crippen MR) is 85.2 cm³/mol. The minimum absolute atomic E-state index is 0.0369. The lowest BCUT2D eigenvalue weighted by molar-refractivity contribution is -0.122. The molecular weight excluding hydrogens is 294 g/mol. The Bertz CT molecular complexity index is 655. The first-order valence-corrected chi connectivity index (χ1v) is 7.89. The Morgan fingerprint density at radius 1 is 1.39 bits per heavy atom. The van der Waals surface area contributed by atoms with Crippen molar-refractivity contribution in [1.82, 2.24) is 14.9 Å². The molecule has 3 rings (SSSR count). The zero-order valence-corrected chi connectivity index (χ0v) is 13.2. The maximum atomic E-state index is 12.2. The van der Waals surface area contributed by atoms with E-state index in [4.69, 9.17) is 9.47 Å². The van der Waals surface area contributed by atoms with Crippen LogP contribution in [0.3, 0.4) is 0 Å². The van der Waals surface area contributed by atoms with Gasteiger partial charge in [0.05, 0.1) is 6.33 Å². The number of hydrogen-bond acceptors (Lipinski definition) is 4. The number of rotatable bonds is 7. The molecule has 1 aromatic carbocycles. The molecule has 1 aliphatic rings. The molecule has 122 valence electrons. The van der Waals surface area contributed by atoms with Gasteiger partial charge in [0.25, 0.3) is 0 Å². The molecule has 2 heterocycles. The fourth-order valence-electron chi connectivity index (χ4n) is 2.71. The Balaban J connectivity index is 1.54. The summed E-state index contributed by atoms with van der Waals surface area (Å²) in [6, 6.07) is 5.86. The highest BCUT2D eigenvalue weighted by Crippen LogP contribution is 2.32. The molecule has 0 fully saturated rings. The third-order valence-electron chi connectivity index (χ3n) is 3.92. The van der Waals surface area contributed by atoms with E-state index in [9.17, 15) is 4.79 Å². The van der Waals surface area contributed by atoms with Crippen molar-refractivity contribution >= 4 is 5.91 Å². The number of aromatic nitrogens is 2. The highest BCUT2D eigenvalue weighted by Gasteiger charge is 2.16. The Morgan fingerprint density at radius 3 is 3.04 bits per heavy atom. The topological polar surface area (TPSA) is 65.4 Å². The van der Waals surface area contributed by atoms with Gasteiger partial charge in [-0.2, -0.15) is 0 Å². The molecule has 6 heteroatoms. The van der Waals surface area contributed by atoms with Gasteiger partial charge >= 0.3 is 0 Å². The van der Waals surface area contributed by atoms with Gasteiger partial charge in [-0.15, -0.1) is 0 Å². The molecule has 0 radical (unpaired) electrons. The van der Waals surface area contributed by atoms with Crippen LogP contribution in [0.25, 0.3) is 0 Å². The van der Waals surface area contributed by atoms with Gasteiger partial charge in [0.1, 0.15) is 0 Å². The van der Waals surface area contributed by atoms with Crippen molar-refractivity contribution in [3.8, 4) is 11.5 Å². The smallest absolute Gasteiger partial charge is 0.231 e. The van der Waals surface area contributed by atoms with Crippen molar-refractivity contribution in [2.45, 2.75) is 38.8 Å². The maximum Gasteiger partial charge on any atom is 0.231 e. The molecule has 1 aliphatic heterocycles. The highest BCUT2D eigenvalue weighted by atomic mass is 16.7. The molecule has 6 nitrogen and oxygen atoms in total. The number of ether oxygens (including phenoxy) is 2. The Hall–Kier alpha value is -2.50. The molecule has 1 aromatic heterocycles. The van der Waals surface area contributed by atoms with Gasteiger partial charge < -0.3 is 19.4 Å². The fraction of sp³-hybridized carbons (Fsp3) is 0.412. The van der Waals surface area contributed by atoms with Gasteiger partial charge in [0.15, 0.2) is 11.5 Å². The van der Waals surface area contributed by atoms with Crippen molar-refractivity contribution in [3.05, 3.63) is 42.5 Å². The lowest BCUT2D eigenvalue weighted by atomic mass is 10.1. The van der Waals surface area contributed by atoms with Crippen LogP contribution < -0.4 is 14.8 Å². The van der Waals surface area contributed by atoms with Crippen LogP contribution in [0.15, 0.2) is 36.9 Å². The van der Waals surface area contributed by atoms with Crippen LogP contribution in [0, 0.1) is 0 Å². The van der Waals surface area contributed by atoms with Crippen LogP contribution in [-0.4, -0.2) is 22.3 Å². The van der Waals surface area contributed by atoms with E-state index in [0.717, 1.165) is 29.9 Å². The van der Waals surface area contributed by atoms with Crippen molar-refractivity contribution in [1.29, 1.82) is 0 Å². The van der Waals surface area contributed by atoms with Crippen LogP contribution in [-0.2, 0) is 11.3 Å². The van der Waals surface area contributed by atoms with Gasteiger partial charge in [0.2, 0.25) is 12.7 Å². The van der Waals surface area contributed by atoms with Gasteiger partial charge in [0, 0.05) is 31.4 Å². The summed E-state index contributed by atoms with van der Waals surface area (Å²) in [6.45, 7) is 2.86. The quantitative estimate of drug-likeness (QED) is 0.853. The number of imidazole rings is 1. The molecule has 0 aliphatic carbocycles. The summed E-state index contributed by atoms with van der Waals surface area (Å²) >= 11 is 0. The van der Waals surface area contributed by atoms with Crippen molar-refractivity contribution in [2.75, 3.05) is 6.79 Å². The number of nitrogens with one attached hydrogen (secondary N) is 1. The normalized spacial score (nSPS) is 13.8. The Kier molecular flexibility index (Phi) is 4.80. The zero-order chi connectivity index (χ0) is 16.1. The minimum Gasteiger partial charge on any atom is -0.454 e. The van der Waals surface area contributed by atoms with Crippen LogP contribution in [0.2, 0.25) is 0 Å². The molecule has 0 unspecified atom stereocenters. The second-order valence-corrected chi connectivity index (χ2v) is 5.62. The first-order chi connectivity index (χ1) is 11.3. The summed E-state index contributed by atoms with van der Waals surface area (Å²) in [4.78, 5) is 16.3. The van der Waals surface area contributed by atoms with Crippen molar-refractivity contribution in [3.63, 3.8) is 0 Å². The summed E-state index contributed by atoms with van der Waals surface area (Å²) < 4.78 is 12.6. The molecule has 1 amide bonds. The fourth-order valence-corrected chi connectivity index (χ4v) is 2.71. The van der Waals surface area contributed by atoms with E-state index in [1.54, 1.807) is 12.5 Å². The lowest BCUT2D eigenvalue weighted by Crippen LogP contribution is -2.26. The van der Waals surface area contributed by atoms with Crippen molar-refractivity contribution < 1.29 is 14.3 Å². The number of carbonyl (C=O) groups excluding carboxylic acids is 1. The van der Waals surface area contributed by atoms with E-state index in [1.165, 1.54) is 0 Å². The summed E-state index contributed by atoms with van der Waals surface area (Å²) in [6.07, 6.45) is 7.85. The standard InChI is InChI=1S/C17H21N3O3/c1-2-3-14(20-7-6-18-11-20)9-17(21)19-10-13-4-5-15-16(8-13)23-12-22-15/h4-8,11,14H,2-3,9-10,12H2,1H3,(H,19,21)/t14-/m0/s1. The second kappa shape index (κ2) is 7.17. The molecule has 0 spiro atoms. The van der Waals surface area contributed by atoms with E-state index < -0.39 is 0 Å². The van der Waals surface area contributed by atoms with E-state index in [1.807, 2.05) is 29.0 Å². The Morgan fingerprint density at radius 2 is 2.26 bits per heavy atom. The molecule has 1 N–H and O–H groups in total. The van der Waals surface area contributed by atoms with Crippen molar-refractivity contribution in [2.24, 2.45) is 0 Å². The molecule has 0 saturated carbocycles. The first kappa shape index (κ1) is 15.4. The molecule has 0 saturated heterocycles. The van der Waals surface area contributed by atoms with Gasteiger partial charge in [-0.3, -0.25) is 4.79 Å². The van der Waals surface area contributed by atoms with Gasteiger partial charge in [-0.05, 0) is 24.1 Å². The number of nitrogens with zero attached hydrogens (tertiary/aromatic N) is 2. The second-order valence-electron chi connectivity index (χ2n) is 5.62. The molecule has 23 heavy (non-hydrogen) atoms. The summed E-state index contributed by atoms with van der Waals surface area (Å²) in [7, 11) is 0. The number of carbonyl (C=O) groups is 1. The molecule has 0 bridgehead atoms. The maximum absolute atomic E-state index is 12.2. The number of fused-ring (bicyclic) bond motifs is 1. The first-order valence-electron chi connectivity index (χ1n) is 7.89. The minimum atomic E-state index is 0.0369. The van der Waals surface area contributed by atoms with Crippen LogP contribution >= 0.6 is 0 Å². The highest BCUT2D eigenvalue weighted by molar-refractivity contribution is 5.76. The predicted octanol–water partition coefficient (Wildman–Crippen LogP) is 2.66. The number of benzene rings is 1. The third kappa shape index (κ3) is 3.83. The van der Waals surface area contributed by atoms with E-state index in [-0.39, 0.29) is 18.7 Å². The van der Waals surface area contributed by atoms with Gasteiger partial charge in [-0.25, -0.2) is 4.98 Å². The number of amides is 1. The van der Waals surface area contributed by atoms with Crippen LogP contribution in [0.5, 0.6) is 11.5 Å². The van der Waals surface area contributed by atoms with E-state index in [0.29, 0.717) is 13.0 Å². The Labute approximate surface area is 135 Å². The lowest BCUT2D eigenvalue weighted by Gasteiger charge is -2.17. The monoisotopic (exact) mass is 315 g/mol. The molecular formula is C17H21N3O3. The number of hydrogen-bond donors (Lipinski definition) is 1. The molecule has 2 aromatic rings. The van der Waals surface area contributed by atoms with E-state index >= 15 is 0 Å². The average molecular weight is 315 g/mol. The molecule has 1 atom stereocenters. The van der Waals surface area contributed by atoms with Crippen LogP contribution in [0.4, 0.5) is 0 Å².